The highest BCUT2D eigenvalue weighted by Gasteiger charge is 2.31. The van der Waals surface area contributed by atoms with Gasteiger partial charge in [-0.2, -0.15) is 13.2 Å². The summed E-state index contributed by atoms with van der Waals surface area (Å²) in [4.78, 5) is 33.3. The van der Waals surface area contributed by atoms with Crippen LogP contribution in [0.1, 0.15) is 33.4 Å². The van der Waals surface area contributed by atoms with Crippen LogP contribution in [-0.2, 0) is 6.18 Å². The molecule has 1 aromatic carbocycles. The number of H-pyrrole nitrogens is 1. The Kier molecular flexibility index (Phi) is 5.21. The Morgan fingerprint density at radius 2 is 1.82 bits per heavy atom. The third-order valence-corrected chi connectivity index (χ3v) is 3.81. The van der Waals surface area contributed by atoms with E-state index in [0.29, 0.717) is 0 Å². The molecule has 1 amide bonds. The molecule has 28 heavy (non-hydrogen) atoms. The molecule has 0 radical (unpaired) electrons. The number of carbonyl (C=O) groups is 1. The Morgan fingerprint density at radius 3 is 2.39 bits per heavy atom. The van der Waals surface area contributed by atoms with Crippen molar-refractivity contribution in [1.82, 2.24) is 20.3 Å². The topological polar surface area (TPSA) is 87.7 Å². The van der Waals surface area contributed by atoms with Gasteiger partial charge in [-0.15, -0.1) is 0 Å². The van der Waals surface area contributed by atoms with E-state index in [9.17, 15) is 27.2 Å². The molecular weight excluding hydrogens is 380 g/mol. The Labute approximate surface area is 155 Å². The maximum atomic E-state index is 14.2. The van der Waals surface area contributed by atoms with Gasteiger partial charge >= 0.3 is 6.18 Å². The summed E-state index contributed by atoms with van der Waals surface area (Å²) >= 11 is 0. The van der Waals surface area contributed by atoms with E-state index in [0.717, 1.165) is 42.7 Å². The van der Waals surface area contributed by atoms with Gasteiger partial charge in [0, 0.05) is 12.4 Å². The zero-order chi connectivity index (χ0) is 20.3. The quantitative estimate of drug-likeness (QED) is 0.669. The standard InChI is InChI=1S/C18H12F4N4O2/c19-12-2-1-7-23-16(12)15(10-3-5-11(6-4-10)18(20,21)22)26-17(28)13-8-25-14(27)9-24-13/h1-9,15H,(H,25,27)(H,26,28). The predicted molar refractivity (Wildman–Crippen MR) is 89.8 cm³/mol. The van der Waals surface area contributed by atoms with Gasteiger partial charge in [0.2, 0.25) is 0 Å². The molecule has 0 saturated carbocycles. The molecule has 0 aliphatic rings. The molecule has 0 aliphatic carbocycles. The number of hydrogen-bond acceptors (Lipinski definition) is 4. The predicted octanol–water partition coefficient (Wildman–Crippen LogP) is 2.84. The van der Waals surface area contributed by atoms with E-state index in [4.69, 9.17) is 0 Å². The minimum absolute atomic E-state index is 0.159. The first-order valence-electron chi connectivity index (χ1n) is 7.89. The van der Waals surface area contributed by atoms with Crippen molar-refractivity contribution < 1.29 is 22.4 Å². The molecule has 0 saturated heterocycles. The molecule has 0 bridgehead atoms. The zero-order valence-corrected chi connectivity index (χ0v) is 14.0. The van der Waals surface area contributed by atoms with Crippen LogP contribution in [0.15, 0.2) is 59.8 Å². The van der Waals surface area contributed by atoms with Crippen molar-refractivity contribution >= 4 is 5.91 Å². The van der Waals surface area contributed by atoms with Crippen molar-refractivity contribution in [2.75, 3.05) is 0 Å². The lowest BCUT2D eigenvalue weighted by Gasteiger charge is -2.19. The summed E-state index contributed by atoms with van der Waals surface area (Å²) in [5.74, 6) is -1.52. The van der Waals surface area contributed by atoms with Crippen LogP contribution in [0.5, 0.6) is 0 Å². The second-order valence-corrected chi connectivity index (χ2v) is 5.69. The number of benzene rings is 1. The first-order valence-corrected chi connectivity index (χ1v) is 7.89. The fourth-order valence-corrected chi connectivity index (χ4v) is 2.46. The van der Waals surface area contributed by atoms with E-state index in [2.05, 4.69) is 20.3 Å². The SMILES string of the molecule is O=C(NC(c1ccc(C(F)(F)F)cc1)c1ncccc1F)c1c[nH]c(=O)cn1. The Bertz CT molecular complexity index is 1030. The second kappa shape index (κ2) is 7.59. The fraction of sp³-hybridized carbons (Fsp3) is 0.111. The molecule has 1 unspecified atom stereocenters. The lowest BCUT2D eigenvalue weighted by molar-refractivity contribution is -0.137. The molecule has 2 aromatic heterocycles. The number of rotatable bonds is 4. The molecule has 0 fully saturated rings. The van der Waals surface area contributed by atoms with Gasteiger partial charge in [-0.3, -0.25) is 14.6 Å². The largest absolute Gasteiger partial charge is 0.416 e. The highest BCUT2D eigenvalue weighted by atomic mass is 19.4. The molecule has 6 nitrogen and oxygen atoms in total. The van der Waals surface area contributed by atoms with Crippen molar-refractivity contribution in [2.24, 2.45) is 0 Å². The van der Waals surface area contributed by atoms with E-state index < -0.39 is 35.1 Å². The molecule has 2 N–H and O–H groups in total. The van der Waals surface area contributed by atoms with Gasteiger partial charge in [-0.05, 0) is 29.8 Å². The number of pyridine rings is 1. The Balaban J connectivity index is 1.98. The summed E-state index contributed by atoms with van der Waals surface area (Å²) in [6.45, 7) is 0. The summed E-state index contributed by atoms with van der Waals surface area (Å²) in [6.07, 6.45) is -1.28. The van der Waals surface area contributed by atoms with Gasteiger partial charge in [0.15, 0.2) is 0 Å². The molecule has 0 aliphatic heterocycles. The number of aromatic nitrogens is 3. The number of hydrogen-bond donors (Lipinski definition) is 2. The van der Waals surface area contributed by atoms with Crippen LogP contribution in [0.4, 0.5) is 17.6 Å². The van der Waals surface area contributed by atoms with Crippen LogP contribution in [-0.4, -0.2) is 20.9 Å². The van der Waals surface area contributed by atoms with E-state index in [1.807, 2.05) is 0 Å². The van der Waals surface area contributed by atoms with Gasteiger partial charge < -0.3 is 10.3 Å². The molecule has 3 aromatic rings. The summed E-state index contributed by atoms with van der Waals surface area (Å²) in [5.41, 5.74) is -1.56. The molecule has 0 spiro atoms. The van der Waals surface area contributed by atoms with E-state index in [-0.39, 0.29) is 17.0 Å². The number of halogens is 4. The van der Waals surface area contributed by atoms with Crippen LogP contribution in [0.2, 0.25) is 0 Å². The molecule has 3 rings (SSSR count). The van der Waals surface area contributed by atoms with E-state index in [1.54, 1.807) is 0 Å². The number of carbonyl (C=O) groups excluding carboxylic acids is 1. The highest BCUT2D eigenvalue weighted by molar-refractivity contribution is 5.92. The highest BCUT2D eigenvalue weighted by Crippen LogP contribution is 2.31. The Morgan fingerprint density at radius 1 is 1.11 bits per heavy atom. The minimum atomic E-state index is -4.53. The zero-order valence-electron chi connectivity index (χ0n) is 14.0. The maximum Gasteiger partial charge on any atom is 0.416 e. The number of alkyl halides is 3. The van der Waals surface area contributed by atoms with Crippen molar-refractivity contribution in [3.05, 3.63) is 93.7 Å². The summed E-state index contributed by atoms with van der Waals surface area (Å²) in [6, 6.07) is 5.19. The molecule has 10 heteroatoms. The van der Waals surface area contributed by atoms with Crippen molar-refractivity contribution in [1.29, 1.82) is 0 Å². The number of amides is 1. The third-order valence-electron chi connectivity index (χ3n) is 3.81. The van der Waals surface area contributed by atoms with Crippen LogP contribution in [0.3, 0.4) is 0 Å². The van der Waals surface area contributed by atoms with Crippen molar-refractivity contribution in [3.8, 4) is 0 Å². The summed E-state index contributed by atoms with van der Waals surface area (Å²) < 4.78 is 52.6. The van der Waals surface area contributed by atoms with Crippen LogP contribution in [0, 0.1) is 5.82 Å². The van der Waals surface area contributed by atoms with Gasteiger partial charge in [0.1, 0.15) is 17.2 Å². The summed E-state index contributed by atoms with van der Waals surface area (Å²) in [7, 11) is 0. The van der Waals surface area contributed by atoms with Crippen LogP contribution >= 0.6 is 0 Å². The normalized spacial score (nSPS) is 12.4. The lowest BCUT2D eigenvalue weighted by atomic mass is 10.0. The van der Waals surface area contributed by atoms with Crippen LogP contribution < -0.4 is 10.9 Å². The molecular formula is C18H12F4N4O2. The van der Waals surface area contributed by atoms with Gasteiger partial charge in [0.05, 0.1) is 17.8 Å². The van der Waals surface area contributed by atoms with Crippen molar-refractivity contribution in [3.63, 3.8) is 0 Å². The number of aromatic amines is 1. The Hall–Kier alpha value is -3.56. The van der Waals surface area contributed by atoms with E-state index in [1.165, 1.54) is 12.3 Å². The average Bonchev–Trinajstić information content (AvgIpc) is 2.66. The van der Waals surface area contributed by atoms with Crippen molar-refractivity contribution in [2.45, 2.75) is 12.2 Å². The second-order valence-electron chi connectivity index (χ2n) is 5.69. The van der Waals surface area contributed by atoms with E-state index >= 15 is 0 Å². The first-order chi connectivity index (χ1) is 13.3. The fourth-order valence-electron chi connectivity index (χ4n) is 2.46. The number of nitrogens with zero attached hydrogens (tertiary/aromatic N) is 2. The lowest BCUT2D eigenvalue weighted by Crippen LogP contribution is -2.31. The summed E-state index contributed by atoms with van der Waals surface area (Å²) in [5, 5.41) is 2.48. The third kappa shape index (κ3) is 4.22. The van der Waals surface area contributed by atoms with Gasteiger partial charge in [-0.25, -0.2) is 9.37 Å². The number of nitrogens with one attached hydrogen (secondary N) is 2. The van der Waals surface area contributed by atoms with Gasteiger partial charge in [-0.1, -0.05) is 12.1 Å². The van der Waals surface area contributed by atoms with Gasteiger partial charge in [0.25, 0.3) is 11.5 Å². The average molecular weight is 392 g/mol. The minimum Gasteiger partial charge on any atom is -0.338 e. The van der Waals surface area contributed by atoms with Crippen LogP contribution in [0.25, 0.3) is 0 Å². The first kappa shape index (κ1) is 19.2. The molecule has 2 heterocycles. The molecule has 1 atom stereocenters. The smallest absolute Gasteiger partial charge is 0.338 e. The maximum absolute atomic E-state index is 14.2. The monoisotopic (exact) mass is 392 g/mol. The molecule has 144 valence electrons.